The van der Waals surface area contributed by atoms with Crippen molar-refractivity contribution in [2.75, 3.05) is 11.1 Å². The van der Waals surface area contributed by atoms with Gasteiger partial charge in [0, 0.05) is 25.6 Å². The molecule has 0 bridgehead atoms. The number of hydrogen-bond donors (Lipinski definition) is 1. The summed E-state index contributed by atoms with van der Waals surface area (Å²) < 4.78 is 0.943. The molecule has 0 aliphatic rings. The molecule has 3 rings (SSSR count). The minimum absolute atomic E-state index is 0.0645. The van der Waals surface area contributed by atoms with Gasteiger partial charge in [-0.05, 0) is 48.0 Å². The van der Waals surface area contributed by atoms with E-state index in [1.54, 1.807) is 24.3 Å². The van der Waals surface area contributed by atoms with Crippen LogP contribution in [0.1, 0.15) is 15.9 Å². The summed E-state index contributed by atoms with van der Waals surface area (Å²) in [5.74, 6) is 0.300. The Hall–Kier alpha value is -2.08. The summed E-state index contributed by atoms with van der Waals surface area (Å²) in [6, 6.07) is 22.0. The van der Waals surface area contributed by atoms with Crippen molar-refractivity contribution < 1.29 is 9.59 Å². The number of nitrogens with one attached hydrogen (secondary N) is 1. The summed E-state index contributed by atoms with van der Waals surface area (Å²) in [6.45, 7) is 0. The number of Topliss-reactive ketones (excluding diaryl/α,β-unsaturated/α-hetero) is 1. The van der Waals surface area contributed by atoms with Crippen LogP contribution in [0, 0.1) is 0 Å². The van der Waals surface area contributed by atoms with Gasteiger partial charge in [0.05, 0.1) is 12.2 Å². The highest BCUT2D eigenvalue weighted by atomic mass is 79.9. The Balaban J connectivity index is 1.55. The van der Waals surface area contributed by atoms with Crippen LogP contribution in [-0.4, -0.2) is 17.4 Å². The Bertz CT molecular complexity index is 975. The third-order valence-electron chi connectivity index (χ3n) is 3.93. The normalized spacial score (nSPS) is 10.5. The van der Waals surface area contributed by atoms with Gasteiger partial charge >= 0.3 is 0 Å². The second-order valence-electron chi connectivity index (χ2n) is 6.10. The molecule has 0 radical (unpaired) electrons. The third kappa shape index (κ3) is 6.23. The van der Waals surface area contributed by atoms with Crippen LogP contribution < -0.4 is 5.32 Å². The van der Waals surface area contributed by atoms with Gasteiger partial charge in [-0.25, -0.2) is 0 Å². The Morgan fingerprint density at radius 3 is 2.39 bits per heavy atom. The van der Waals surface area contributed by atoms with Crippen molar-refractivity contribution in [3.8, 4) is 0 Å². The first-order valence-corrected chi connectivity index (χ1v) is 10.7. The summed E-state index contributed by atoms with van der Waals surface area (Å²) in [7, 11) is 0. The highest BCUT2D eigenvalue weighted by molar-refractivity contribution is 9.10. The van der Waals surface area contributed by atoms with E-state index in [-0.39, 0.29) is 18.1 Å². The van der Waals surface area contributed by atoms with Crippen LogP contribution in [0.4, 0.5) is 5.69 Å². The molecule has 1 amide bonds. The Labute approximate surface area is 181 Å². The quantitative estimate of drug-likeness (QED) is 0.325. The number of ketones is 1. The molecule has 28 heavy (non-hydrogen) atoms. The molecule has 0 aliphatic heterocycles. The minimum atomic E-state index is -0.101. The zero-order valence-corrected chi connectivity index (χ0v) is 18.0. The van der Waals surface area contributed by atoms with Gasteiger partial charge in [0.1, 0.15) is 0 Å². The number of carbonyl (C=O) groups excluding carboxylic acids is 2. The molecule has 0 saturated heterocycles. The maximum Gasteiger partial charge on any atom is 0.228 e. The second kappa shape index (κ2) is 9.92. The molecule has 0 atom stereocenters. The molecule has 0 saturated carbocycles. The smallest absolute Gasteiger partial charge is 0.228 e. The lowest BCUT2D eigenvalue weighted by molar-refractivity contribution is -0.115. The summed E-state index contributed by atoms with van der Waals surface area (Å²) in [5, 5.41) is 3.54. The lowest BCUT2D eigenvalue weighted by Crippen LogP contribution is -2.14. The fourth-order valence-corrected chi connectivity index (χ4v) is 3.76. The van der Waals surface area contributed by atoms with E-state index < -0.39 is 0 Å². The van der Waals surface area contributed by atoms with Gasteiger partial charge in [0.15, 0.2) is 5.78 Å². The molecular weight excluding hydrogens is 458 g/mol. The molecule has 3 nitrogen and oxygen atoms in total. The SMILES string of the molecule is O=C(Cc1ccc(Cl)cc1)Nc1cccc(SCC(=O)c2ccc(Br)cc2)c1. The first-order chi connectivity index (χ1) is 13.5. The van der Waals surface area contributed by atoms with Crippen LogP contribution in [0.25, 0.3) is 0 Å². The fraction of sp³-hybridized carbons (Fsp3) is 0.0909. The van der Waals surface area contributed by atoms with Crippen molar-refractivity contribution in [1.82, 2.24) is 0 Å². The van der Waals surface area contributed by atoms with E-state index in [0.717, 1.165) is 14.9 Å². The van der Waals surface area contributed by atoms with Gasteiger partial charge in [0.2, 0.25) is 5.91 Å². The van der Waals surface area contributed by atoms with Crippen LogP contribution in [0.5, 0.6) is 0 Å². The standard InChI is InChI=1S/C22H17BrClNO2S/c23-17-8-6-16(7-9-17)21(26)14-28-20-3-1-2-19(13-20)25-22(27)12-15-4-10-18(24)11-5-15/h1-11,13H,12,14H2,(H,25,27). The third-order valence-corrected chi connectivity index (χ3v) is 5.71. The lowest BCUT2D eigenvalue weighted by Gasteiger charge is -2.08. The van der Waals surface area contributed by atoms with Crippen LogP contribution >= 0.6 is 39.3 Å². The van der Waals surface area contributed by atoms with Crippen LogP contribution in [0.2, 0.25) is 5.02 Å². The molecule has 142 valence electrons. The molecule has 1 N–H and O–H groups in total. The van der Waals surface area contributed by atoms with E-state index >= 15 is 0 Å². The zero-order chi connectivity index (χ0) is 19.9. The summed E-state index contributed by atoms with van der Waals surface area (Å²) >= 11 is 10.7. The van der Waals surface area contributed by atoms with Crippen molar-refractivity contribution in [3.63, 3.8) is 0 Å². The Kier molecular flexibility index (Phi) is 7.31. The number of halogens is 2. The van der Waals surface area contributed by atoms with Gasteiger partial charge in [-0.1, -0.05) is 57.9 Å². The number of amides is 1. The predicted octanol–water partition coefficient (Wildman–Crippen LogP) is 6.26. The highest BCUT2D eigenvalue weighted by Gasteiger charge is 2.08. The highest BCUT2D eigenvalue weighted by Crippen LogP contribution is 2.23. The molecule has 0 heterocycles. The average molecular weight is 475 g/mol. The Morgan fingerprint density at radius 2 is 1.68 bits per heavy atom. The number of hydrogen-bond acceptors (Lipinski definition) is 3. The van der Waals surface area contributed by atoms with E-state index in [1.165, 1.54) is 11.8 Å². The number of thioether (sulfide) groups is 1. The fourth-order valence-electron chi connectivity index (χ4n) is 2.52. The van der Waals surface area contributed by atoms with Gasteiger partial charge in [-0.15, -0.1) is 11.8 Å². The topological polar surface area (TPSA) is 46.2 Å². The van der Waals surface area contributed by atoms with Crippen LogP contribution in [-0.2, 0) is 11.2 Å². The van der Waals surface area contributed by atoms with Gasteiger partial charge < -0.3 is 5.32 Å². The monoisotopic (exact) mass is 473 g/mol. The van der Waals surface area contributed by atoms with Crippen molar-refractivity contribution in [2.45, 2.75) is 11.3 Å². The molecule has 3 aromatic carbocycles. The molecular formula is C22H17BrClNO2S. The van der Waals surface area contributed by atoms with Crippen molar-refractivity contribution in [2.24, 2.45) is 0 Å². The van der Waals surface area contributed by atoms with Gasteiger partial charge in [-0.3, -0.25) is 9.59 Å². The van der Waals surface area contributed by atoms with Crippen molar-refractivity contribution in [1.29, 1.82) is 0 Å². The molecule has 0 fully saturated rings. The Morgan fingerprint density at radius 1 is 0.964 bits per heavy atom. The molecule has 0 aromatic heterocycles. The molecule has 0 spiro atoms. The first kappa shape index (κ1) is 20.6. The molecule has 6 heteroatoms. The van der Waals surface area contributed by atoms with Crippen LogP contribution in [0.3, 0.4) is 0 Å². The maximum absolute atomic E-state index is 12.3. The van der Waals surface area contributed by atoms with Gasteiger partial charge in [0.25, 0.3) is 0 Å². The number of benzene rings is 3. The van der Waals surface area contributed by atoms with Crippen molar-refractivity contribution >= 4 is 56.7 Å². The van der Waals surface area contributed by atoms with E-state index in [0.29, 0.717) is 22.0 Å². The number of rotatable bonds is 7. The van der Waals surface area contributed by atoms with E-state index in [9.17, 15) is 9.59 Å². The summed E-state index contributed by atoms with van der Waals surface area (Å²) in [5.41, 5.74) is 2.29. The van der Waals surface area contributed by atoms with E-state index in [2.05, 4.69) is 21.2 Å². The molecule has 0 aliphatic carbocycles. The second-order valence-corrected chi connectivity index (χ2v) is 8.50. The first-order valence-electron chi connectivity index (χ1n) is 8.55. The maximum atomic E-state index is 12.3. The van der Waals surface area contributed by atoms with E-state index in [1.807, 2.05) is 48.5 Å². The average Bonchev–Trinajstić information content (AvgIpc) is 2.69. The van der Waals surface area contributed by atoms with Crippen LogP contribution in [0.15, 0.2) is 82.2 Å². The molecule has 0 unspecified atom stereocenters. The lowest BCUT2D eigenvalue weighted by atomic mass is 10.1. The largest absolute Gasteiger partial charge is 0.326 e. The summed E-state index contributed by atoms with van der Waals surface area (Å²) in [4.78, 5) is 25.5. The van der Waals surface area contributed by atoms with E-state index in [4.69, 9.17) is 11.6 Å². The number of anilines is 1. The predicted molar refractivity (Wildman–Crippen MR) is 119 cm³/mol. The minimum Gasteiger partial charge on any atom is -0.326 e. The van der Waals surface area contributed by atoms with Gasteiger partial charge in [-0.2, -0.15) is 0 Å². The summed E-state index contributed by atoms with van der Waals surface area (Å²) in [6.07, 6.45) is 0.274. The number of carbonyl (C=O) groups is 2. The molecule has 3 aromatic rings. The zero-order valence-electron chi connectivity index (χ0n) is 14.8. The van der Waals surface area contributed by atoms with Crippen molar-refractivity contribution in [3.05, 3.63) is 93.4 Å².